The molecule has 0 spiro atoms. The Morgan fingerprint density at radius 1 is 0.944 bits per heavy atom. The summed E-state index contributed by atoms with van der Waals surface area (Å²) in [5.74, 6) is -1.99. The third kappa shape index (κ3) is 4.06. The van der Waals surface area contributed by atoms with Crippen LogP contribution in [0.1, 0.15) is 99.0 Å². The molecule has 1 unspecified atom stereocenters. The lowest BCUT2D eigenvalue weighted by Crippen LogP contribution is -2.25. The lowest BCUT2D eigenvalue weighted by molar-refractivity contribution is -0.135. The van der Waals surface area contributed by atoms with Crippen LogP contribution in [0.25, 0.3) is 11.0 Å². The van der Waals surface area contributed by atoms with Crippen LogP contribution in [0.5, 0.6) is 17.2 Å². The number of aryl methyl sites for hydroxylation is 1. The maximum atomic E-state index is 12.8. The standard InChI is InChI=1S/C29H32O7/c1-13-9-19(31)35-26-21(13)25(34)22(14(2)30)27-23(26)16(12-20(32)36-27)15-10-17(28(3,4)5)24(33)18(11-15)29(6,7)8/h9-11,16,33-34H,12H2,1-8H3. The molecule has 7 heteroatoms. The van der Waals surface area contributed by atoms with Crippen LogP contribution in [0.2, 0.25) is 0 Å². The maximum absolute atomic E-state index is 12.8. The van der Waals surface area contributed by atoms with Crippen LogP contribution in [-0.2, 0) is 15.6 Å². The van der Waals surface area contributed by atoms with Crippen molar-refractivity contribution < 1.29 is 29.0 Å². The molecular weight excluding hydrogens is 460 g/mol. The van der Waals surface area contributed by atoms with Crippen LogP contribution < -0.4 is 10.4 Å². The summed E-state index contributed by atoms with van der Waals surface area (Å²) >= 11 is 0. The number of rotatable bonds is 2. The van der Waals surface area contributed by atoms with E-state index in [1.165, 1.54) is 13.0 Å². The minimum atomic E-state index is -0.643. The summed E-state index contributed by atoms with van der Waals surface area (Å²) in [6.45, 7) is 14.9. The number of esters is 1. The van der Waals surface area contributed by atoms with Gasteiger partial charge in [-0.15, -0.1) is 0 Å². The van der Waals surface area contributed by atoms with E-state index < -0.39 is 34.1 Å². The Kier molecular flexibility index (Phi) is 5.82. The lowest BCUT2D eigenvalue weighted by Gasteiger charge is -2.32. The molecule has 0 aliphatic carbocycles. The van der Waals surface area contributed by atoms with Gasteiger partial charge in [-0.25, -0.2) is 4.79 Å². The van der Waals surface area contributed by atoms with Crippen molar-refractivity contribution in [3.63, 3.8) is 0 Å². The zero-order chi connectivity index (χ0) is 26.9. The van der Waals surface area contributed by atoms with Gasteiger partial charge in [0.1, 0.15) is 22.6 Å². The summed E-state index contributed by atoms with van der Waals surface area (Å²) in [5.41, 5.74) is 1.43. The van der Waals surface area contributed by atoms with Gasteiger partial charge in [-0.2, -0.15) is 0 Å². The summed E-state index contributed by atoms with van der Waals surface area (Å²) in [5, 5.41) is 22.4. The summed E-state index contributed by atoms with van der Waals surface area (Å²) in [6, 6.07) is 4.97. The van der Waals surface area contributed by atoms with Crippen LogP contribution in [0.3, 0.4) is 0 Å². The molecule has 190 valence electrons. The number of carbonyl (C=O) groups is 2. The molecule has 0 amide bonds. The number of ether oxygens (including phenoxy) is 1. The minimum absolute atomic E-state index is 0.0696. The highest BCUT2D eigenvalue weighted by molar-refractivity contribution is 6.09. The number of hydrogen-bond acceptors (Lipinski definition) is 7. The first-order valence-corrected chi connectivity index (χ1v) is 11.9. The third-order valence-electron chi connectivity index (χ3n) is 6.79. The van der Waals surface area contributed by atoms with Gasteiger partial charge in [0.05, 0.1) is 11.8 Å². The first-order chi connectivity index (χ1) is 16.5. The van der Waals surface area contributed by atoms with E-state index in [-0.39, 0.29) is 40.2 Å². The second kappa shape index (κ2) is 8.22. The highest BCUT2D eigenvalue weighted by Gasteiger charge is 2.38. The molecule has 2 heterocycles. The van der Waals surface area contributed by atoms with E-state index >= 15 is 0 Å². The van der Waals surface area contributed by atoms with E-state index in [2.05, 4.69) is 0 Å². The third-order valence-corrected chi connectivity index (χ3v) is 6.79. The SMILES string of the molecule is CC(=O)c1c2c(c3oc(=O)cc(C)c3c1O)C(c1cc(C(C)(C)C)c(O)c(C(C)(C)C)c1)CC(=O)O2. The number of Topliss-reactive ketones (excluding diaryl/α,β-unsaturated/α-hetero) is 1. The largest absolute Gasteiger partial charge is 0.507 e. The first-order valence-electron chi connectivity index (χ1n) is 11.9. The fourth-order valence-corrected chi connectivity index (χ4v) is 5.02. The van der Waals surface area contributed by atoms with Crippen molar-refractivity contribution >= 4 is 22.7 Å². The van der Waals surface area contributed by atoms with Crippen molar-refractivity contribution in [1.29, 1.82) is 0 Å². The van der Waals surface area contributed by atoms with Gasteiger partial charge < -0.3 is 19.4 Å². The van der Waals surface area contributed by atoms with Crippen LogP contribution in [-0.4, -0.2) is 22.0 Å². The molecule has 1 atom stereocenters. The maximum Gasteiger partial charge on any atom is 0.336 e. The normalized spacial score (nSPS) is 16.1. The molecule has 36 heavy (non-hydrogen) atoms. The molecular formula is C29H32O7. The monoisotopic (exact) mass is 492 g/mol. The Labute approximate surface area is 209 Å². The summed E-state index contributed by atoms with van der Waals surface area (Å²) in [6.07, 6.45) is -0.0696. The zero-order valence-electron chi connectivity index (χ0n) is 22.0. The number of phenolic OH excluding ortho intramolecular Hbond substituents is 2. The van der Waals surface area contributed by atoms with Gasteiger partial charge in [0.15, 0.2) is 11.5 Å². The molecule has 1 aliphatic heterocycles. The van der Waals surface area contributed by atoms with Crippen molar-refractivity contribution in [3.8, 4) is 17.2 Å². The molecule has 0 saturated carbocycles. The van der Waals surface area contributed by atoms with E-state index in [1.807, 2.05) is 53.7 Å². The highest BCUT2D eigenvalue weighted by atomic mass is 16.5. The Bertz CT molecular complexity index is 1460. The van der Waals surface area contributed by atoms with E-state index in [0.717, 1.165) is 0 Å². The van der Waals surface area contributed by atoms with Gasteiger partial charge in [0, 0.05) is 17.5 Å². The smallest absolute Gasteiger partial charge is 0.336 e. The van der Waals surface area contributed by atoms with Gasteiger partial charge >= 0.3 is 11.6 Å². The predicted molar refractivity (Wildman–Crippen MR) is 136 cm³/mol. The molecule has 0 radical (unpaired) electrons. The van der Waals surface area contributed by atoms with E-state index in [9.17, 15) is 24.6 Å². The van der Waals surface area contributed by atoms with E-state index in [4.69, 9.17) is 9.15 Å². The van der Waals surface area contributed by atoms with Crippen molar-refractivity contribution in [2.75, 3.05) is 0 Å². The highest BCUT2D eigenvalue weighted by Crippen LogP contribution is 2.51. The Morgan fingerprint density at radius 2 is 1.50 bits per heavy atom. The number of phenols is 2. The molecule has 4 rings (SSSR count). The fourth-order valence-electron chi connectivity index (χ4n) is 5.02. The Hall–Kier alpha value is -3.61. The van der Waals surface area contributed by atoms with E-state index in [1.54, 1.807) is 6.92 Å². The molecule has 1 aromatic heterocycles. The molecule has 2 aromatic carbocycles. The molecule has 2 N–H and O–H groups in total. The minimum Gasteiger partial charge on any atom is -0.507 e. The molecule has 3 aromatic rings. The zero-order valence-corrected chi connectivity index (χ0v) is 22.0. The molecule has 1 aliphatic rings. The van der Waals surface area contributed by atoms with Gasteiger partial charge in [0.2, 0.25) is 0 Å². The number of carbonyl (C=O) groups excluding carboxylic acids is 2. The van der Waals surface area contributed by atoms with Gasteiger partial charge in [-0.3, -0.25) is 9.59 Å². The number of hydrogen-bond donors (Lipinski definition) is 2. The first kappa shape index (κ1) is 25.5. The summed E-state index contributed by atoms with van der Waals surface area (Å²) in [4.78, 5) is 37.9. The van der Waals surface area contributed by atoms with Gasteiger partial charge in [0.25, 0.3) is 0 Å². The van der Waals surface area contributed by atoms with E-state index in [0.29, 0.717) is 27.8 Å². The van der Waals surface area contributed by atoms with Gasteiger partial charge in [-0.05, 0) is 46.9 Å². The summed E-state index contributed by atoms with van der Waals surface area (Å²) in [7, 11) is 0. The lowest BCUT2D eigenvalue weighted by atomic mass is 9.75. The van der Waals surface area contributed by atoms with Crippen LogP contribution in [0.15, 0.2) is 27.4 Å². The Morgan fingerprint density at radius 3 is 2.00 bits per heavy atom. The number of aromatic hydroxyl groups is 2. The average Bonchev–Trinajstić information content (AvgIpc) is 2.70. The van der Waals surface area contributed by atoms with Crippen molar-refractivity contribution in [1.82, 2.24) is 0 Å². The van der Waals surface area contributed by atoms with Crippen LogP contribution in [0, 0.1) is 6.92 Å². The molecule has 0 saturated heterocycles. The Balaban J connectivity index is 2.19. The predicted octanol–water partition coefficient (Wildman–Crippen LogP) is 5.75. The summed E-state index contributed by atoms with van der Waals surface area (Å²) < 4.78 is 11.1. The van der Waals surface area contributed by atoms with Crippen molar-refractivity contribution in [3.05, 3.63) is 62.0 Å². The molecule has 0 bridgehead atoms. The molecule has 7 nitrogen and oxygen atoms in total. The topological polar surface area (TPSA) is 114 Å². The van der Waals surface area contributed by atoms with Crippen LogP contribution in [0.4, 0.5) is 0 Å². The van der Waals surface area contributed by atoms with Crippen LogP contribution >= 0.6 is 0 Å². The second-order valence-corrected chi connectivity index (χ2v) is 11.7. The number of ketones is 1. The average molecular weight is 493 g/mol. The molecule has 0 fully saturated rings. The fraction of sp³-hybridized carbons (Fsp3) is 0.414. The quantitative estimate of drug-likeness (QED) is 0.203. The van der Waals surface area contributed by atoms with Crippen molar-refractivity contribution in [2.24, 2.45) is 0 Å². The van der Waals surface area contributed by atoms with Gasteiger partial charge in [-0.1, -0.05) is 53.7 Å². The van der Waals surface area contributed by atoms with Crippen molar-refractivity contribution in [2.45, 2.75) is 78.6 Å². The second-order valence-electron chi connectivity index (χ2n) is 11.7. The number of benzene rings is 2. The number of fused-ring (bicyclic) bond motifs is 3.